The number of hydrogen-bond donors (Lipinski definition) is 1. The minimum atomic E-state index is -0.110. The third-order valence-corrected chi connectivity index (χ3v) is 5.31. The molecular weight excluding hydrogens is 334 g/mol. The zero-order chi connectivity index (χ0) is 17.6. The van der Waals surface area contributed by atoms with Crippen LogP contribution >= 0.6 is 11.3 Å². The number of anilines is 1. The number of carbonyl (C=O) groups is 2. The van der Waals surface area contributed by atoms with E-state index in [0.29, 0.717) is 17.3 Å². The summed E-state index contributed by atoms with van der Waals surface area (Å²) in [5.74, 6) is 0.231. The van der Waals surface area contributed by atoms with Gasteiger partial charge in [-0.3, -0.25) is 9.59 Å². The van der Waals surface area contributed by atoms with Gasteiger partial charge in [-0.25, -0.2) is 0 Å². The molecule has 0 spiro atoms. The SMILES string of the molecule is CN(CC(=O)NCC1CCN(c2ccccc2)C1)C(=O)c1cccs1. The number of hydrogen-bond acceptors (Lipinski definition) is 4. The lowest BCUT2D eigenvalue weighted by Gasteiger charge is -2.19. The quantitative estimate of drug-likeness (QED) is 0.864. The lowest BCUT2D eigenvalue weighted by atomic mass is 10.1. The van der Waals surface area contributed by atoms with Crippen LogP contribution in [0, 0.1) is 5.92 Å². The summed E-state index contributed by atoms with van der Waals surface area (Å²) >= 11 is 1.39. The minimum absolute atomic E-state index is 0.0891. The van der Waals surface area contributed by atoms with Crippen LogP contribution in [0.25, 0.3) is 0 Å². The van der Waals surface area contributed by atoms with Crippen LogP contribution in [0.4, 0.5) is 5.69 Å². The molecule has 1 aliphatic heterocycles. The Balaban J connectivity index is 1.41. The number of rotatable bonds is 6. The van der Waals surface area contributed by atoms with Crippen LogP contribution in [0.15, 0.2) is 47.8 Å². The summed E-state index contributed by atoms with van der Waals surface area (Å²) in [6.07, 6.45) is 1.07. The van der Waals surface area contributed by atoms with Crippen molar-refractivity contribution in [3.8, 4) is 0 Å². The van der Waals surface area contributed by atoms with Gasteiger partial charge in [0, 0.05) is 32.4 Å². The van der Waals surface area contributed by atoms with Crippen LogP contribution in [0.5, 0.6) is 0 Å². The van der Waals surface area contributed by atoms with Gasteiger partial charge in [0.15, 0.2) is 0 Å². The van der Waals surface area contributed by atoms with Crippen molar-refractivity contribution in [2.45, 2.75) is 6.42 Å². The molecule has 1 unspecified atom stereocenters. The number of carbonyl (C=O) groups excluding carboxylic acids is 2. The zero-order valence-corrected chi connectivity index (χ0v) is 15.2. The summed E-state index contributed by atoms with van der Waals surface area (Å²) in [6.45, 7) is 2.71. The normalized spacial score (nSPS) is 16.7. The molecule has 1 aromatic carbocycles. The van der Waals surface area contributed by atoms with Gasteiger partial charge in [0.25, 0.3) is 5.91 Å². The molecule has 1 aliphatic rings. The number of para-hydroxylation sites is 1. The molecule has 132 valence electrons. The predicted octanol–water partition coefficient (Wildman–Crippen LogP) is 2.46. The summed E-state index contributed by atoms with van der Waals surface area (Å²) in [5.41, 5.74) is 1.23. The average Bonchev–Trinajstić information content (AvgIpc) is 3.32. The third kappa shape index (κ3) is 4.60. The van der Waals surface area contributed by atoms with Crippen LogP contribution in [0.3, 0.4) is 0 Å². The van der Waals surface area contributed by atoms with E-state index in [1.165, 1.54) is 21.9 Å². The number of likely N-dealkylation sites (N-methyl/N-ethyl adjacent to an activating group) is 1. The lowest BCUT2D eigenvalue weighted by molar-refractivity contribution is -0.121. The van der Waals surface area contributed by atoms with Crippen LogP contribution in [0.2, 0.25) is 0 Å². The van der Waals surface area contributed by atoms with Gasteiger partial charge in [0.1, 0.15) is 0 Å². The maximum Gasteiger partial charge on any atom is 0.264 e. The highest BCUT2D eigenvalue weighted by Crippen LogP contribution is 2.22. The molecular formula is C19H23N3O2S. The molecule has 6 heteroatoms. The van der Waals surface area contributed by atoms with E-state index in [-0.39, 0.29) is 18.4 Å². The minimum Gasteiger partial charge on any atom is -0.371 e. The lowest BCUT2D eigenvalue weighted by Crippen LogP contribution is -2.40. The fourth-order valence-electron chi connectivity index (χ4n) is 3.06. The van der Waals surface area contributed by atoms with E-state index in [0.717, 1.165) is 19.5 Å². The Morgan fingerprint density at radius 2 is 2.04 bits per heavy atom. The largest absolute Gasteiger partial charge is 0.371 e. The van der Waals surface area contributed by atoms with E-state index in [4.69, 9.17) is 0 Å². The standard InChI is InChI=1S/C19H23N3O2S/c1-21(19(24)17-8-5-11-25-17)14-18(23)20-12-15-9-10-22(13-15)16-6-3-2-4-7-16/h2-8,11,15H,9-10,12-14H2,1H3,(H,20,23). The second-order valence-electron chi connectivity index (χ2n) is 6.38. The fourth-order valence-corrected chi connectivity index (χ4v) is 3.78. The number of benzene rings is 1. The van der Waals surface area contributed by atoms with Crippen LogP contribution < -0.4 is 10.2 Å². The zero-order valence-electron chi connectivity index (χ0n) is 14.4. The molecule has 2 heterocycles. The molecule has 5 nitrogen and oxygen atoms in total. The number of nitrogens with zero attached hydrogens (tertiary/aromatic N) is 2. The van der Waals surface area contributed by atoms with Crippen molar-refractivity contribution >= 4 is 28.8 Å². The first-order chi connectivity index (χ1) is 12.1. The predicted molar refractivity (Wildman–Crippen MR) is 101 cm³/mol. The number of thiophene rings is 1. The van der Waals surface area contributed by atoms with Crippen LogP contribution in [0.1, 0.15) is 16.1 Å². The molecule has 1 fully saturated rings. The highest BCUT2D eigenvalue weighted by molar-refractivity contribution is 7.12. The summed E-state index contributed by atoms with van der Waals surface area (Å²) in [6, 6.07) is 14.0. The first-order valence-corrected chi connectivity index (χ1v) is 9.37. The van der Waals surface area contributed by atoms with Gasteiger partial charge < -0.3 is 15.1 Å². The Bertz CT molecular complexity index is 703. The van der Waals surface area contributed by atoms with E-state index in [1.807, 2.05) is 29.6 Å². The Hall–Kier alpha value is -2.34. The summed E-state index contributed by atoms with van der Waals surface area (Å²) < 4.78 is 0. The van der Waals surface area contributed by atoms with Crippen molar-refractivity contribution in [3.63, 3.8) is 0 Å². The summed E-state index contributed by atoms with van der Waals surface area (Å²) in [5, 5.41) is 4.83. The highest BCUT2D eigenvalue weighted by atomic mass is 32.1. The number of amides is 2. The van der Waals surface area contributed by atoms with Gasteiger partial charge >= 0.3 is 0 Å². The van der Waals surface area contributed by atoms with Gasteiger partial charge in [-0.15, -0.1) is 11.3 Å². The van der Waals surface area contributed by atoms with Crippen molar-refractivity contribution in [1.82, 2.24) is 10.2 Å². The average molecular weight is 357 g/mol. The van der Waals surface area contributed by atoms with E-state index < -0.39 is 0 Å². The van der Waals surface area contributed by atoms with Crippen molar-refractivity contribution in [2.24, 2.45) is 5.92 Å². The van der Waals surface area contributed by atoms with Crippen molar-refractivity contribution in [1.29, 1.82) is 0 Å². The maximum absolute atomic E-state index is 12.2. The molecule has 0 saturated carbocycles. The van der Waals surface area contributed by atoms with Gasteiger partial charge in [0.05, 0.1) is 11.4 Å². The molecule has 1 saturated heterocycles. The van der Waals surface area contributed by atoms with Crippen molar-refractivity contribution < 1.29 is 9.59 Å². The fraction of sp³-hybridized carbons (Fsp3) is 0.368. The second kappa shape index (κ2) is 8.16. The maximum atomic E-state index is 12.2. The van der Waals surface area contributed by atoms with Crippen LogP contribution in [-0.2, 0) is 4.79 Å². The molecule has 0 radical (unpaired) electrons. The van der Waals surface area contributed by atoms with Gasteiger partial charge in [0.2, 0.25) is 5.91 Å². The van der Waals surface area contributed by atoms with Crippen molar-refractivity contribution in [3.05, 3.63) is 52.7 Å². The van der Waals surface area contributed by atoms with E-state index in [2.05, 4.69) is 22.3 Å². The van der Waals surface area contributed by atoms with E-state index in [1.54, 1.807) is 13.1 Å². The van der Waals surface area contributed by atoms with Crippen molar-refractivity contribution in [2.75, 3.05) is 38.1 Å². The van der Waals surface area contributed by atoms with Gasteiger partial charge in [-0.1, -0.05) is 24.3 Å². The van der Waals surface area contributed by atoms with E-state index >= 15 is 0 Å². The summed E-state index contributed by atoms with van der Waals surface area (Å²) in [4.78, 5) is 28.7. The first kappa shape index (κ1) is 17.5. The highest BCUT2D eigenvalue weighted by Gasteiger charge is 2.23. The molecule has 1 aromatic heterocycles. The topological polar surface area (TPSA) is 52.7 Å². The Kier molecular flexibility index (Phi) is 5.71. The van der Waals surface area contributed by atoms with E-state index in [9.17, 15) is 9.59 Å². The Morgan fingerprint density at radius 3 is 2.76 bits per heavy atom. The monoisotopic (exact) mass is 357 g/mol. The molecule has 1 atom stereocenters. The molecule has 2 amide bonds. The molecule has 0 aliphatic carbocycles. The number of nitrogens with one attached hydrogen (secondary N) is 1. The molecule has 2 aromatic rings. The van der Waals surface area contributed by atoms with Crippen LogP contribution in [-0.4, -0.2) is 49.9 Å². The first-order valence-electron chi connectivity index (χ1n) is 8.49. The molecule has 1 N–H and O–H groups in total. The Labute approximate surface area is 152 Å². The summed E-state index contributed by atoms with van der Waals surface area (Å²) in [7, 11) is 1.66. The second-order valence-corrected chi connectivity index (χ2v) is 7.33. The third-order valence-electron chi connectivity index (χ3n) is 4.45. The smallest absolute Gasteiger partial charge is 0.264 e. The van der Waals surface area contributed by atoms with Gasteiger partial charge in [-0.05, 0) is 35.9 Å². The van der Waals surface area contributed by atoms with Gasteiger partial charge in [-0.2, -0.15) is 0 Å². The Morgan fingerprint density at radius 1 is 1.24 bits per heavy atom. The molecule has 0 bridgehead atoms. The molecule has 25 heavy (non-hydrogen) atoms. The molecule has 3 rings (SSSR count).